The van der Waals surface area contributed by atoms with Crippen LogP contribution in [-0.2, 0) is 24.9 Å². The topological polar surface area (TPSA) is 35.6 Å². The molecule has 0 saturated heterocycles. The summed E-state index contributed by atoms with van der Waals surface area (Å²) in [6.07, 6.45) is 0. The maximum absolute atomic E-state index is 5.88. The summed E-state index contributed by atoms with van der Waals surface area (Å²) < 4.78 is 3.93. The van der Waals surface area contributed by atoms with Gasteiger partial charge in [-0.1, -0.05) is 71.3 Å². The summed E-state index contributed by atoms with van der Waals surface area (Å²) in [7, 11) is 4.00. The van der Waals surface area contributed by atoms with Crippen molar-refractivity contribution < 1.29 is 0 Å². The second-order valence-corrected chi connectivity index (χ2v) is 11.4. The Hall–Kier alpha value is -2.37. The largest absolute Gasteiger partial charge is 0.272 e. The minimum Gasteiger partial charge on any atom is -0.272 e. The Kier molecular flexibility index (Phi) is 7.01. The molecule has 0 atom stereocenters. The fourth-order valence-corrected chi connectivity index (χ4v) is 4.45. The molecule has 0 saturated carbocycles. The van der Waals surface area contributed by atoms with E-state index in [4.69, 9.17) is 11.6 Å². The first-order chi connectivity index (χ1) is 14.9. The van der Waals surface area contributed by atoms with Crippen molar-refractivity contribution in [2.24, 2.45) is 14.1 Å². The van der Waals surface area contributed by atoms with Crippen LogP contribution in [0.2, 0.25) is 5.02 Å². The Morgan fingerprint density at radius 1 is 0.750 bits per heavy atom. The molecule has 1 aromatic carbocycles. The fourth-order valence-electron chi connectivity index (χ4n) is 3.64. The lowest BCUT2D eigenvalue weighted by molar-refractivity contribution is 0.523. The highest BCUT2D eigenvalue weighted by atomic mass is 35.5. The van der Waals surface area contributed by atoms with Gasteiger partial charge in [0.1, 0.15) is 5.69 Å². The highest BCUT2D eigenvalue weighted by Gasteiger charge is 2.20. The van der Waals surface area contributed by atoms with Crippen molar-refractivity contribution in [2.75, 3.05) is 0 Å². The smallest absolute Gasteiger partial charge is 0.103 e. The molecule has 0 amide bonds. The van der Waals surface area contributed by atoms with Crippen molar-refractivity contribution in [3.8, 4) is 21.8 Å². The second-order valence-electron chi connectivity index (χ2n) is 10.1. The standard InChI is InChI=1S/C14H17ClN2.C12H16N2S/c1-14(2,3)13-9-12(16-17(13)4)10-5-7-11(15)8-6-10;1-12(2,3)11-8-9(13-14(11)4)10-6-5-7-15-10/h5-9H,1-4H3;5-8H,1-4H3. The molecule has 0 radical (unpaired) electrons. The van der Waals surface area contributed by atoms with Crippen molar-refractivity contribution >= 4 is 22.9 Å². The summed E-state index contributed by atoms with van der Waals surface area (Å²) in [5.74, 6) is 0. The van der Waals surface area contributed by atoms with Gasteiger partial charge < -0.3 is 0 Å². The lowest BCUT2D eigenvalue weighted by atomic mass is 9.91. The van der Waals surface area contributed by atoms with Gasteiger partial charge in [0.2, 0.25) is 0 Å². The van der Waals surface area contributed by atoms with Gasteiger partial charge in [0.05, 0.1) is 10.6 Å². The van der Waals surface area contributed by atoms with Crippen LogP contribution in [0.3, 0.4) is 0 Å². The predicted molar refractivity (Wildman–Crippen MR) is 138 cm³/mol. The Balaban J connectivity index is 0.000000182. The van der Waals surface area contributed by atoms with Gasteiger partial charge in [-0.15, -0.1) is 11.3 Å². The zero-order chi connectivity index (χ0) is 23.7. The summed E-state index contributed by atoms with van der Waals surface area (Å²) in [6.45, 7) is 13.2. The molecule has 170 valence electrons. The molecule has 0 spiro atoms. The maximum atomic E-state index is 5.88. The SMILES string of the molecule is Cn1nc(-c2ccc(Cl)cc2)cc1C(C)(C)C.Cn1nc(-c2cccs2)cc1C(C)(C)C. The summed E-state index contributed by atoms with van der Waals surface area (Å²) >= 11 is 7.62. The van der Waals surface area contributed by atoms with E-state index >= 15 is 0 Å². The van der Waals surface area contributed by atoms with Gasteiger partial charge in [0.25, 0.3) is 0 Å². The summed E-state index contributed by atoms with van der Waals surface area (Å²) in [5, 5.41) is 11.9. The number of benzene rings is 1. The molecule has 0 aliphatic heterocycles. The number of hydrogen-bond donors (Lipinski definition) is 0. The third-order valence-corrected chi connectivity index (χ3v) is 6.35. The van der Waals surface area contributed by atoms with Gasteiger partial charge in [0.15, 0.2) is 0 Å². The number of nitrogens with zero attached hydrogens (tertiary/aromatic N) is 4. The zero-order valence-corrected chi connectivity index (χ0v) is 21.8. The van der Waals surface area contributed by atoms with Crippen molar-refractivity contribution in [3.63, 3.8) is 0 Å². The minimum absolute atomic E-state index is 0.104. The van der Waals surface area contributed by atoms with Crippen LogP contribution in [0.25, 0.3) is 21.8 Å². The monoisotopic (exact) mass is 468 g/mol. The molecule has 0 bridgehead atoms. The molecule has 0 unspecified atom stereocenters. The van der Waals surface area contributed by atoms with Crippen molar-refractivity contribution in [1.82, 2.24) is 19.6 Å². The highest BCUT2D eigenvalue weighted by molar-refractivity contribution is 7.13. The Morgan fingerprint density at radius 2 is 1.25 bits per heavy atom. The minimum atomic E-state index is 0.104. The third-order valence-electron chi connectivity index (χ3n) is 5.21. The third kappa shape index (κ3) is 5.70. The van der Waals surface area contributed by atoms with Crippen LogP contribution in [-0.4, -0.2) is 19.6 Å². The number of aromatic nitrogens is 4. The number of rotatable bonds is 2. The zero-order valence-electron chi connectivity index (χ0n) is 20.3. The molecule has 0 N–H and O–H groups in total. The molecule has 3 aromatic heterocycles. The normalized spacial score (nSPS) is 11.9. The maximum Gasteiger partial charge on any atom is 0.103 e. The first kappa shape index (κ1) is 24.3. The lowest BCUT2D eigenvalue weighted by Gasteiger charge is -2.17. The van der Waals surface area contributed by atoms with Crippen LogP contribution in [0.5, 0.6) is 0 Å². The molecule has 0 aliphatic carbocycles. The van der Waals surface area contributed by atoms with Gasteiger partial charge in [-0.2, -0.15) is 10.2 Å². The molecule has 4 aromatic rings. The van der Waals surface area contributed by atoms with E-state index < -0.39 is 0 Å². The van der Waals surface area contributed by atoms with E-state index in [0.717, 1.165) is 22.0 Å². The van der Waals surface area contributed by atoms with Crippen LogP contribution in [0.4, 0.5) is 0 Å². The average Bonchev–Trinajstić information content (AvgIpc) is 3.41. The quantitative estimate of drug-likeness (QED) is 0.305. The molecule has 0 aliphatic rings. The van der Waals surface area contributed by atoms with Crippen molar-refractivity contribution in [2.45, 2.75) is 52.4 Å². The number of hydrogen-bond acceptors (Lipinski definition) is 3. The molecule has 6 heteroatoms. The molecule has 32 heavy (non-hydrogen) atoms. The van der Waals surface area contributed by atoms with E-state index in [9.17, 15) is 0 Å². The predicted octanol–water partition coefficient (Wildman–Crippen LogP) is 7.48. The van der Waals surface area contributed by atoms with E-state index in [0.29, 0.717) is 0 Å². The summed E-state index contributed by atoms with van der Waals surface area (Å²) in [6, 6.07) is 16.3. The molecular formula is C26H33ClN4S. The van der Waals surface area contributed by atoms with E-state index in [1.165, 1.54) is 16.3 Å². The molecule has 4 rings (SSSR count). The number of thiophene rings is 1. The Labute approximate surface area is 200 Å². The van der Waals surface area contributed by atoms with Gasteiger partial charge in [-0.25, -0.2) is 0 Å². The van der Waals surface area contributed by atoms with Crippen LogP contribution in [0.1, 0.15) is 52.9 Å². The number of halogens is 1. The summed E-state index contributed by atoms with van der Waals surface area (Å²) in [4.78, 5) is 1.24. The van der Waals surface area contributed by atoms with Crippen LogP contribution in [0.15, 0.2) is 53.9 Å². The van der Waals surface area contributed by atoms with Gasteiger partial charge in [-0.05, 0) is 35.7 Å². The second kappa shape index (κ2) is 9.24. The van der Waals surface area contributed by atoms with Crippen LogP contribution >= 0.6 is 22.9 Å². The van der Waals surface area contributed by atoms with E-state index in [-0.39, 0.29) is 10.8 Å². The molecular weight excluding hydrogens is 436 g/mol. The van der Waals surface area contributed by atoms with E-state index in [1.54, 1.807) is 11.3 Å². The Morgan fingerprint density at radius 3 is 1.69 bits per heavy atom. The Bertz CT molecular complexity index is 1150. The van der Waals surface area contributed by atoms with Crippen molar-refractivity contribution in [3.05, 3.63) is 70.3 Å². The van der Waals surface area contributed by atoms with Gasteiger partial charge in [0, 0.05) is 46.9 Å². The summed E-state index contributed by atoms with van der Waals surface area (Å²) in [5.41, 5.74) is 5.92. The highest BCUT2D eigenvalue weighted by Crippen LogP contribution is 2.29. The molecule has 4 nitrogen and oxygen atoms in total. The number of aryl methyl sites for hydroxylation is 2. The van der Waals surface area contributed by atoms with Gasteiger partial charge in [-0.3, -0.25) is 9.36 Å². The van der Waals surface area contributed by atoms with E-state index in [1.807, 2.05) is 47.7 Å². The first-order valence-corrected chi connectivity index (χ1v) is 12.0. The fraction of sp³-hybridized carbons (Fsp3) is 0.385. The van der Waals surface area contributed by atoms with Crippen molar-refractivity contribution in [1.29, 1.82) is 0 Å². The van der Waals surface area contributed by atoms with Crippen LogP contribution < -0.4 is 0 Å². The average molecular weight is 469 g/mol. The molecule has 3 heterocycles. The van der Waals surface area contributed by atoms with Gasteiger partial charge >= 0.3 is 0 Å². The van der Waals surface area contributed by atoms with Crippen LogP contribution in [0, 0.1) is 0 Å². The molecule has 0 fully saturated rings. The first-order valence-electron chi connectivity index (χ1n) is 10.7. The lowest BCUT2D eigenvalue weighted by Crippen LogP contribution is -2.16. The van der Waals surface area contributed by atoms with E-state index in [2.05, 4.69) is 81.4 Å².